The van der Waals surface area contributed by atoms with Crippen molar-refractivity contribution in [3.8, 4) is 11.8 Å². The number of aliphatic hydroxyl groups excluding tert-OH is 1. The summed E-state index contributed by atoms with van der Waals surface area (Å²) in [6.45, 7) is 2.84. The van der Waals surface area contributed by atoms with Crippen molar-refractivity contribution in [1.29, 1.82) is 0 Å². The summed E-state index contributed by atoms with van der Waals surface area (Å²) < 4.78 is 6.59. The standard InChI is InChI=1S/C20H31ClN2O2S2/c1-12(27-2)16-5-6-17-20-10-14(23(16)17)8-13(15(20)9-19(26)25-20)4-3-7-22-18(24)11-21/h12-19,22,24,26H,5-11H2,1-2H3/t12-,13+,14?,15+,16?,17?,18+,19?,20?/m1/s1. The van der Waals surface area contributed by atoms with Crippen LogP contribution in [-0.4, -0.2) is 69.3 Å². The van der Waals surface area contributed by atoms with Crippen LogP contribution in [0.15, 0.2) is 0 Å². The quantitative estimate of drug-likeness (QED) is 0.271. The summed E-state index contributed by atoms with van der Waals surface area (Å²) in [5, 5.41) is 13.1. The number of nitrogens with one attached hydrogen (secondary N) is 1. The Morgan fingerprint density at radius 1 is 1.44 bits per heavy atom. The number of thiol groups is 1. The Balaban J connectivity index is 1.55. The molecule has 27 heavy (non-hydrogen) atoms. The number of aliphatic hydroxyl groups is 1. The number of alkyl halides is 1. The molecular weight excluding hydrogens is 400 g/mol. The first-order valence-electron chi connectivity index (χ1n) is 10.1. The van der Waals surface area contributed by atoms with E-state index in [1.54, 1.807) is 0 Å². The van der Waals surface area contributed by atoms with Crippen molar-refractivity contribution in [1.82, 2.24) is 10.2 Å². The number of ether oxygens (including phenoxy) is 1. The van der Waals surface area contributed by atoms with Crippen molar-refractivity contribution < 1.29 is 9.84 Å². The molecule has 2 N–H and O–H groups in total. The number of thioether (sulfide) groups is 1. The molecule has 4 nitrogen and oxygen atoms in total. The molecule has 3 aliphatic heterocycles. The number of halogens is 1. The van der Waals surface area contributed by atoms with Crippen molar-refractivity contribution >= 4 is 36.0 Å². The number of rotatable bonds is 5. The highest BCUT2D eigenvalue weighted by molar-refractivity contribution is 7.99. The Morgan fingerprint density at radius 3 is 3.00 bits per heavy atom. The molecule has 1 spiro atoms. The van der Waals surface area contributed by atoms with E-state index < -0.39 is 6.23 Å². The zero-order valence-electron chi connectivity index (χ0n) is 16.1. The monoisotopic (exact) mass is 430 g/mol. The summed E-state index contributed by atoms with van der Waals surface area (Å²) in [7, 11) is 0. The van der Waals surface area contributed by atoms with Crippen LogP contribution in [0.5, 0.6) is 0 Å². The number of fused-ring (bicyclic) bond motifs is 3. The van der Waals surface area contributed by atoms with Gasteiger partial charge in [0.2, 0.25) is 0 Å². The minimum atomic E-state index is -0.689. The molecule has 0 radical (unpaired) electrons. The topological polar surface area (TPSA) is 44.7 Å². The van der Waals surface area contributed by atoms with Gasteiger partial charge < -0.3 is 9.84 Å². The first-order valence-corrected chi connectivity index (χ1v) is 12.5. The number of nitrogens with zero attached hydrogens (tertiary/aromatic N) is 1. The van der Waals surface area contributed by atoms with Crippen LogP contribution in [-0.2, 0) is 4.74 Å². The largest absolute Gasteiger partial charge is 0.377 e. The van der Waals surface area contributed by atoms with Gasteiger partial charge in [0, 0.05) is 35.2 Å². The number of hydrogen-bond donors (Lipinski definition) is 3. The maximum absolute atomic E-state index is 9.54. The lowest BCUT2D eigenvalue weighted by Crippen LogP contribution is -2.48. The van der Waals surface area contributed by atoms with Gasteiger partial charge in [-0.25, -0.2) is 0 Å². The molecule has 2 bridgehead atoms. The van der Waals surface area contributed by atoms with Crippen LogP contribution in [0.4, 0.5) is 0 Å². The molecular formula is C20H31ClN2O2S2. The van der Waals surface area contributed by atoms with Gasteiger partial charge in [0.15, 0.2) is 0 Å². The molecule has 0 aromatic heterocycles. The maximum atomic E-state index is 9.54. The Bertz CT molecular complexity index is 615. The summed E-state index contributed by atoms with van der Waals surface area (Å²) >= 11 is 12.3. The van der Waals surface area contributed by atoms with Gasteiger partial charge in [0.1, 0.15) is 11.7 Å². The van der Waals surface area contributed by atoms with E-state index in [1.165, 1.54) is 12.8 Å². The minimum Gasteiger partial charge on any atom is -0.377 e. The zero-order valence-corrected chi connectivity index (χ0v) is 18.6. The van der Waals surface area contributed by atoms with Gasteiger partial charge in [0.25, 0.3) is 0 Å². The van der Waals surface area contributed by atoms with Crippen LogP contribution in [0.1, 0.15) is 39.0 Å². The Kier molecular flexibility index (Phi) is 6.32. The van der Waals surface area contributed by atoms with E-state index in [-0.39, 0.29) is 16.9 Å². The normalized spacial score (nSPS) is 45.1. The molecule has 5 unspecified atom stereocenters. The molecule has 4 aliphatic rings. The second kappa shape index (κ2) is 8.26. The molecule has 4 fully saturated rings. The summed E-state index contributed by atoms with van der Waals surface area (Å²) in [6, 6.07) is 1.77. The zero-order chi connectivity index (χ0) is 19.2. The number of hydrogen-bond acceptors (Lipinski definition) is 6. The predicted octanol–water partition coefficient (Wildman–Crippen LogP) is 2.54. The van der Waals surface area contributed by atoms with Crippen molar-refractivity contribution in [2.24, 2.45) is 11.8 Å². The fourth-order valence-electron chi connectivity index (χ4n) is 6.19. The van der Waals surface area contributed by atoms with E-state index in [4.69, 9.17) is 29.0 Å². The Hall–Kier alpha value is 0.390. The van der Waals surface area contributed by atoms with Crippen molar-refractivity contribution in [3.63, 3.8) is 0 Å². The van der Waals surface area contributed by atoms with Crippen LogP contribution < -0.4 is 5.32 Å². The molecule has 3 saturated heterocycles. The van der Waals surface area contributed by atoms with Gasteiger partial charge >= 0.3 is 0 Å². The van der Waals surface area contributed by atoms with Gasteiger partial charge in [-0.15, -0.1) is 24.2 Å². The highest BCUT2D eigenvalue weighted by atomic mass is 35.5. The minimum absolute atomic E-state index is 0.0335. The van der Waals surface area contributed by atoms with Crippen LogP contribution >= 0.6 is 36.0 Å². The molecule has 7 heteroatoms. The maximum Gasteiger partial charge on any atom is 0.119 e. The molecule has 1 saturated carbocycles. The first kappa shape index (κ1) is 20.7. The lowest BCUT2D eigenvalue weighted by molar-refractivity contribution is -0.0613. The molecule has 3 heterocycles. The van der Waals surface area contributed by atoms with E-state index in [9.17, 15) is 5.11 Å². The van der Waals surface area contributed by atoms with E-state index in [1.807, 2.05) is 11.8 Å². The fourth-order valence-corrected chi connectivity index (χ4v) is 7.31. The highest BCUT2D eigenvalue weighted by Crippen LogP contribution is 2.61. The summed E-state index contributed by atoms with van der Waals surface area (Å²) in [6.07, 6.45) is 7.36. The molecule has 1 aliphatic carbocycles. The van der Waals surface area contributed by atoms with Gasteiger partial charge in [-0.3, -0.25) is 10.2 Å². The Morgan fingerprint density at radius 2 is 2.26 bits per heavy atom. The van der Waals surface area contributed by atoms with E-state index in [0.717, 1.165) is 19.3 Å². The fraction of sp³-hybridized carbons (Fsp3) is 0.900. The lowest BCUT2D eigenvalue weighted by atomic mass is 9.67. The summed E-state index contributed by atoms with van der Waals surface area (Å²) in [5.41, 5.74) is -0.0174. The lowest BCUT2D eigenvalue weighted by Gasteiger charge is -2.40. The first-order chi connectivity index (χ1) is 13.0. The molecule has 152 valence electrons. The van der Waals surface area contributed by atoms with E-state index >= 15 is 0 Å². The predicted molar refractivity (Wildman–Crippen MR) is 115 cm³/mol. The Labute approximate surface area is 177 Å². The average molecular weight is 431 g/mol. The van der Waals surface area contributed by atoms with Gasteiger partial charge in [-0.05, 0) is 38.4 Å². The smallest absolute Gasteiger partial charge is 0.119 e. The average Bonchev–Trinajstić information content (AvgIpc) is 3.31. The van der Waals surface area contributed by atoms with Crippen molar-refractivity contribution in [3.05, 3.63) is 0 Å². The third-order valence-corrected chi connectivity index (χ3v) is 8.91. The van der Waals surface area contributed by atoms with Gasteiger partial charge in [-0.1, -0.05) is 18.8 Å². The van der Waals surface area contributed by atoms with Crippen LogP contribution in [0.3, 0.4) is 0 Å². The third-order valence-electron chi connectivity index (χ3n) is 7.24. The van der Waals surface area contributed by atoms with E-state index in [0.29, 0.717) is 41.8 Å². The van der Waals surface area contributed by atoms with Crippen LogP contribution in [0, 0.1) is 23.7 Å². The van der Waals surface area contributed by atoms with Gasteiger partial charge in [-0.2, -0.15) is 11.8 Å². The third kappa shape index (κ3) is 3.56. The van der Waals surface area contributed by atoms with Crippen molar-refractivity contribution in [2.45, 2.75) is 79.7 Å². The van der Waals surface area contributed by atoms with Crippen molar-refractivity contribution in [2.75, 3.05) is 18.7 Å². The molecule has 4 rings (SSSR count). The SMILES string of the molecule is CS[C@H](C)C1CCC2N1C1C[C@H](C#CCN[C@@H](O)CCl)[C@@H]3CC(S)OC23C1. The van der Waals surface area contributed by atoms with Gasteiger partial charge in [0.05, 0.1) is 18.0 Å². The van der Waals surface area contributed by atoms with Crippen LogP contribution in [0.25, 0.3) is 0 Å². The van der Waals surface area contributed by atoms with E-state index in [2.05, 4.69) is 35.2 Å². The molecule has 0 amide bonds. The molecule has 9 atom stereocenters. The summed E-state index contributed by atoms with van der Waals surface area (Å²) in [4.78, 5) is 2.82. The second-order valence-electron chi connectivity index (χ2n) is 8.49. The van der Waals surface area contributed by atoms with Crippen LogP contribution in [0.2, 0.25) is 0 Å². The molecule has 0 aromatic carbocycles. The second-order valence-corrected chi connectivity index (χ2v) is 10.6. The molecule has 0 aromatic rings. The summed E-state index contributed by atoms with van der Waals surface area (Å²) in [5.74, 6) is 7.77. The highest BCUT2D eigenvalue weighted by Gasteiger charge is 2.68.